The van der Waals surface area contributed by atoms with Crippen molar-refractivity contribution >= 4 is 29.0 Å². The van der Waals surface area contributed by atoms with E-state index in [1.165, 1.54) is 0 Å². The molecule has 1 aliphatic heterocycles. The molecule has 0 saturated carbocycles. The van der Waals surface area contributed by atoms with Crippen molar-refractivity contribution in [3.63, 3.8) is 0 Å². The number of aromatic nitrogens is 1. The zero-order valence-electron chi connectivity index (χ0n) is 17.9. The zero-order valence-corrected chi connectivity index (χ0v) is 17.9. The summed E-state index contributed by atoms with van der Waals surface area (Å²) in [5, 5.41) is 8.95. The molecule has 32 heavy (non-hydrogen) atoms. The molecule has 2 aromatic carbocycles. The first-order chi connectivity index (χ1) is 15.6. The number of ether oxygens (including phenoxy) is 1. The predicted octanol–water partition coefficient (Wildman–Crippen LogP) is 4.22. The first-order valence-electron chi connectivity index (χ1n) is 10.7. The first-order valence-corrected chi connectivity index (χ1v) is 10.7. The second kappa shape index (κ2) is 10.1. The molecule has 0 radical (unpaired) electrons. The number of rotatable bonds is 6. The smallest absolute Gasteiger partial charge is 0.251 e. The van der Waals surface area contributed by atoms with Gasteiger partial charge in [-0.2, -0.15) is 0 Å². The molecule has 0 bridgehead atoms. The van der Waals surface area contributed by atoms with Crippen LogP contribution in [-0.2, 0) is 9.53 Å². The van der Waals surface area contributed by atoms with Crippen LogP contribution >= 0.6 is 0 Å². The number of hydrogen-bond donors (Lipinski definition) is 3. The molecule has 2 heterocycles. The van der Waals surface area contributed by atoms with E-state index in [-0.39, 0.29) is 17.7 Å². The van der Waals surface area contributed by atoms with E-state index in [0.717, 1.165) is 22.5 Å². The second-order valence-electron chi connectivity index (χ2n) is 7.67. The Labute approximate surface area is 187 Å². The van der Waals surface area contributed by atoms with Crippen molar-refractivity contribution in [2.75, 3.05) is 30.9 Å². The number of carbonyl (C=O) groups is 2. The number of hydrogen-bond acceptors (Lipinski definition) is 5. The van der Waals surface area contributed by atoms with Crippen LogP contribution in [0.3, 0.4) is 0 Å². The maximum Gasteiger partial charge on any atom is 0.251 e. The number of benzene rings is 2. The van der Waals surface area contributed by atoms with Crippen molar-refractivity contribution in [1.29, 1.82) is 0 Å². The normalized spacial score (nSPS) is 13.9. The summed E-state index contributed by atoms with van der Waals surface area (Å²) >= 11 is 0. The van der Waals surface area contributed by atoms with Gasteiger partial charge in [0.25, 0.3) is 5.91 Å². The van der Waals surface area contributed by atoms with Crippen LogP contribution in [0.5, 0.6) is 0 Å². The fourth-order valence-electron chi connectivity index (χ4n) is 3.70. The van der Waals surface area contributed by atoms with Crippen molar-refractivity contribution in [3.05, 3.63) is 72.4 Å². The van der Waals surface area contributed by atoms with E-state index in [0.29, 0.717) is 37.4 Å². The van der Waals surface area contributed by atoms with E-state index in [4.69, 9.17) is 4.74 Å². The lowest BCUT2D eigenvalue weighted by Gasteiger charge is -2.21. The summed E-state index contributed by atoms with van der Waals surface area (Å²) in [6.07, 6.45) is 3.09. The van der Waals surface area contributed by atoms with Crippen molar-refractivity contribution in [2.45, 2.75) is 12.8 Å². The van der Waals surface area contributed by atoms with Crippen molar-refractivity contribution < 1.29 is 14.3 Å². The zero-order chi connectivity index (χ0) is 22.3. The molecule has 2 amide bonds. The number of pyridine rings is 1. The van der Waals surface area contributed by atoms with Crippen molar-refractivity contribution in [2.24, 2.45) is 5.92 Å². The lowest BCUT2D eigenvalue weighted by atomic mass is 9.99. The first kappa shape index (κ1) is 21.5. The molecule has 0 spiro atoms. The fraction of sp³-hybridized carbons (Fsp3) is 0.240. The average Bonchev–Trinajstić information content (AvgIpc) is 2.84. The molecule has 7 heteroatoms. The topological polar surface area (TPSA) is 92.4 Å². The summed E-state index contributed by atoms with van der Waals surface area (Å²) in [5.41, 5.74) is 3.94. The number of anilines is 3. The molecule has 1 fully saturated rings. The third-order valence-electron chi connectivity index (χ3n) is 5.42. The SMILES string of the molecule is CNC(=O)c1cc(Nc2ccccc2)cc(-c2ccnc(NC(=O)C3CCOCC3)c2)c1. The Morgan fingerprint density at radius 3 is 2.47 bits per heavy atom. The number of amides is 2. The van der Waals surface area contributed by atoms with Gasteiger partial charge < -0.3 is 20.7 Å². The Bertz CT molecular complexity index is 1100. The maximum atomic E-state index is 12.6. The van der Waals surface area contributed by atoms with Crippen LogP contribution in [0.1, 0.15) is 23.2 Å². The highest BCUT2D eigenvalue weighted by molar-refractivity contribution is 5.97. The molecule has 4 rings (SSSR count). The highest BCUT2D eigenvalue weighted by Gasteiger charge is 2.22. The van der Waals surface area contributed by atoms with Gasteiger partial charge in [0.2, 0.25) is 5.91 Å². The lowest BCUT2D eigenvalue weighted by Crippen LogP contribution is -2.28. The van der Waals surface area contributed by atoms with E-state index in [1.807, 2.05) is 60.7 Å². The minimum absolute atomic E-state index is 0.0384. The quantitative estimate of drug-likeness (QED) is 0.545. The monoisotopic (exact) mass is 430 g/mol. The minimum atomic E-state index is -0.176. The Balaban J connectivity index is 1.61. The summed E-state index contributed by atoms with van der Waals surface area (Å²) in [7, 11) is 1.61. The number of carbonyl (C=O) groups excluding carboxylic acids is 2. The van der Waals surface area contributed by atoms with Gasteiger partial charge in [-0.3, -0.25) is 9.59 Å². The van der Waals surface area contributed by atoms with Gasteiger partial charge in [-0.25, -0.2) is 4.98 Å². The summed E-state index contributed by atoms with van der Waals surface area (Å²) < 4.78 is 5.34. The molecule has 3 aromatic rings. The van der Waals surface area contributed by atoms with Crippen LogP contribution in [0.4, 0.5) is 17.2 Å². The Kier molecular flexibility index (Phi) is 6.77. The molecule has 0 unspecified atom stereocenters. The van der Waals surface area contributed by atoms with Gasteiger partial charge in [0.15, 0.2) is 0 Å². The Morgan fingerprint density at radius 2 is 1.72 bits per heavy atom. The van der Waals surface area contributed by atoms with Gasteiger partial charge in [0.05, 0.1) is 0 Å². The van der Waals surface area contributed by atoms with E-state index in [9.17, 15) is 9.59 Å². The molecule has 1 aliphatic rings. The van der Waals surface area contributed by atoms with Gasteiger partial charge in [-0.15, -0.1) is 0 Å². The van der Waals surface area contributed by atoms with Gasteiger partial charge in [0.1, 0.15) is 5.82 Å². The summed E-state index contributed by atoms with van der Waals surface area (Å²) in [6.45, 7) is 1.21. The largest absolute Gasteiger partial charge is 0.381 e. The van der Waals surface area contributed by atoms with Crippen molar-refractivity contribution in [3.8, 4) is 11.1 Å². The average molecular weight is 431 g/mol. The molecule has 0 aliphatic carbocycles. The van der Waals surface area contributed by atoms with Crippen LogP contribution in [0.2, 0.25) is 0 Å². The molecule has 3 N–H and O–H groups in total. The Morgan fingerprint density at radius 1 is 0.938 bits per heavy atom. The van der Waals surface area contributed by atoms with E-state index >= 15 is 0 Å². The predicted molar refractivity (Wildman–Crippen MR) is 125 cm³/mol. The van der Waals surface area contributed by atoms with Gasteiger partial charge >= 0.3 is 0 Å². The van der Waals surface area contributed by atoms with Crippen LogP contribution in [0.15, 0.2) is 66.9 Å². The Hall–Kier alpha value is -3.71. The van der Waals surface area contributed by atoms with Crippen LogP contribution < -0.4 is 16.0 Å². The number of nitrogens with zero attached hydrogens (tertiary/aromatic N) is 1. The summed E-state index contributed by atoms with van der Waals surface area (Å²) in [4.78, 5) is 29.3. The van der Waals surface area contributed by atoms with E-state index < -0.39 is 0 Å². The maximum absolute atomic E-state index is 12.6. The van der Waals surface area contributed by atoms with Crippen molar-refractivity contribution in [1.82, 2.24) is 10.3 Å². The molecule has 1 saturated heterocycles. The van der Waals surface area contributed by atoms with Gasteiger partial charge in [-0.1, -0.05) is 18.2 Å². The molecule has 0 atom stereocenters. The van der Waals surface area contributed by atoms with Crippen LogP contribution in [-0.4, -0.2) is 37.1 Å². The molecular weight excluding hydrogens is 404 g/mol. The molecule has 7 nitrogen and oxygen atoms in total. The third-order valence-corrected chi connectivity index (χ3v) is 5.42. The molecular formula is C25H26N4O3. The standard InChI is InChI=1S/C25H26N4O3/c1-26-24(30)20-13-19(14-22(15-20)28-21-5-3-2-4-6-21)18-7-10-27-23(16-18)29-25(31)17-8-11-32-12-9-17/h2-7,10,13-17,28H,8-9,11-12H2,1H3,(H,26,30)(H,27,29,31). The molecule has 164 valence electrons. The second-order valence-corrected chi connectivity index (χ2v) is 7.67. The van der Waals surface area contributed by atoms with E-state index in [1.54, 1.807) is 13.2 Å². The molecule has 1 aromatic heterocycles. The van der Waals surface area contributed by atoms with E-state index in [2.05, 4.69) is 20.9 Å². The lowest BCUT2D eigenvalue weighted by molar-refractivity contribution is -0.122. The number of nitrogens with one attached hydrogen (secondary N) is 3. The highest BCUT2D eigenvalue weighted by Crippen LogP contribution is 2.28. The van der Waals surface area contributed by atoms with Gasteiger partial charge in [0, 0.05) is 49.3 Å². The number of para-hydroxylation sites is 1. The van der Waals surface area contributed by atoms with Crippen LogP contribution in [0.25, 0.3) is 11.1 Å². The minimum Gasteiger partial charge on any atom is -0.381 e. The summed E-state index contributed by atoms with van der Waals surface area (Å²) in [6, 6.07) is 19.1. The van der Waals surface area contributed by atoms with Crippen LogP contribution in [0, 0.1) is 5.92 Å². The third kappa shape index (κ3) is 5.31. The fourth-order valence-corrected chi connectivity index (χ4v) is 3.70. The van der Waals surface area contributed by atoms with Gasteiger partial charge in [-0.05, 0) is 66.4 Å². The highest BCUT2D eigenvalue weighted by atomic mass is 16.5. The summed E-state index contributed by atoms with van der Waals surface area (Å²) in [5.74, 6) is 0.211.